The van der Waals surface area contributed by atoms with Gasteiger partial charge < -0.3 is 10.6 Å². The second-order valence-corrected chi connectivity index (χ2v) is 8.56. The lowest BCUT2D eigenvalue weighted by atomic mass is 9.90. The smallest absolute Gasteiger partial charge is 0.239 e. The van der Waals surface area contributed by atoms with Gasteiger partial charge in [0, 0.05) is 24.0 Å². The molecule has 1 saturated carbocycles. The van der Waals surface area contributed by atoms with Gasteiger partial charge in [-0.2, -0.15) is 0 Å². The summed E-state index contributed by atoms with van der Waals surface area (Å²) < 4.78 is -0.234. The fraction of sp³-hybridized carbons (Fsp3) is 0.632. The summed E-state index contributed by atoms with van der Waals surface area (Å²) in [6.45, 7) is 3.84. The van der Waals surface area contributed by atoms with Crippen molar-refractivity contribution in [1.82, 2.24) is 4.90 Å². The molecule has 134 valence electrons. The maximum atomic E-state index is 13.3. The first-order chi connectivity index (χ1) is 11.1. The van der Waals surface area contributed by atoms with Crippen LogP contribution in [0.15, 0.2) is 35.2 Å². The fourth-order valence-electron chi connectivity index (χ4n) is 3.94. The van der Waals surface area contributed by atoms with Crippen LogP contribution in [0.3, 0.4) is 0 Å². The van der Waals surface area contributed by atoms with Crippen LogP contribution < -0.4 is 5.73 Å². The normalized spacial score (nSPS) is 22.0. The standard InChI is InChI=1S/C19H28N2OS.ClH/c1-15(20)16-9-13-21(14-10-16)18(22)19(11-5-6-12-19)23-17-7-3-2-4-8-17;/h2-4,7-8,15-16H,5-6,9-14,20H2,1H3;1H. The largest absolute Gasteiger partial charge is 0.341 e. The van der Waals surface area contributed by atoms with Gasteiger partial charge in [0.2, 0.25) is 5.91 Å². The van der Waals surface area contributed by atoms with Gasteiger partial charge in [0.15, 0.2) is 0 Å². The van der Waals surface area contributed by atoms with E-state index in [1.54, 1.807) is 11.8 Å². The molecule has 1 saturated heterocycles. The Bertz CT molecular complexity index is 523. The maximum absolute atomic E-state index is 13.3. The van der Waals surface area contributed by atoms with Crippen molar-refractivity contribution in [2.45, 2.75) is 61.1 Å². The van der Waals surface area contributed by atoms with Gasteiger partial charge in [0.25, 0.3) is 0 Å². The number of nitrogens with zero attached hydrogens (tertiary/aromatic N) is 1. The van der Waals surface area contributed by atoms with Crippen molar-refractivity contribution in [2.24, 2.45) is 11.7 Å². The molecule has 2 N–H and O–H groups in total. The Morgan fingerprint density at radius 3 is 2.33 bits per heavy atom. The van der Waals surface area contributed by atoms with E-state index in [4.69, 9.17) is 5.73 Å². The summed E-state index contributed by atoms with van der Waals surface area (Å²) in [5.41, 5.74) is 6.03. The number of hydrogen-bond donors (Lipinski definition) is 1. The number of carbonyl (C=O) groups is 1. The van der Waals surface area contributed by atoms with Crippen molar-refractivity contribution in [3.05, 3.63) is 30.3 Å². The molecular formula is C19H29ClN2OS. The predicted octanol–water partition coefficient (Wildman–Crippen LogP) is 4.10. The molecule has 2 fully saturated rings. The quantitative estimate of drug-likeness (QED) is 0.870. The summed E-state index contributed by atoms with van der Waals surface area (Å²) >= 11 is 1.79. The lowest BCUT2D eigenvalue weighted by molar-refractivity contribution is -0.135. The number of piperidine rings is 1. The van der Waals surface area contributed by atoms with Gasteiger partial charge in [0.05, 0.1) is 4.75 Å². The Balaban J connectivity index is 0.00000208. The predicted molar refractivity (Wildman–Crippen MR) is 104 cm³/mol. The van der Waals surface area contributed by atoms with E-state index >= 15 is 0 Å². The molecule has 1 atom stereocenters. The van der Waals surface area contributed by atoms with Crippen LogP contribution in [0.4, 0.5) is 0 Å². The average Bonchev–Trinajstić information content (AvgIpc) is 3.05. The van der Waals surface area contributed by atoms with E-state index in [0.29, 0.717) is 11.8 Å². The van der Waals surface area contributed by atoms with Crippen molar-refractivity contribution >= 4 is 30.1 Å². The van der Waals surface area contributed by atoms with Gasteiger partial charge in [-0.15, -0.1) is 24.2 Å². The number of halogens is 1. The third kappa shape index (κ3) is 4.27. The first kappa shape index (κ1) is 19.6. The second-order valence-electron chi connectivity index (χ2n) is 7.11. The molecule has 24 heavy (non-hydrogen) atoms. The minimum absolute atomic E-state index is 0. The Kier molecular flexibility index (Phi) is 7.02. The summed E-state index contributed by atoms with van der Waals surface area (Å²) in [5.74, 6) is 0.937. The van der Waals surface area contributed by atoms with Crippen LogP contribution in [0.25, 0.3) is 0 Å². The Morgan fingerprint density at radius 1 is 1.21 bits per heavy atom. The zero-order valence-electron chi connectivity index (χ0n) is 14.4. The molecular weight excluding hydrogens is 340 g/mol. The van der Waals surface area contributed by atoms with Crippen molar-refractivity contribution in [3.8, 4) is 0 Å². The van der Waals surface area contributed by atoms with Gasteiger partial charge in [-0.25, -0.2) is 0 Å². The molecule has 0 bridgehead atoms. The number of rotatable bonds is 4. The fourth-order valence-corrected chi connectivity index (χ4v) is 5.39. The number of amides is 1. The number of hydrogen-bond acceptors (Lipinski definition) is 3. The van der Waals surface area contributed by atoms with Gasteiger partial charge in [0.1, 0.15) is 0 Å². The van der Waals surface area contributed by atoms with Crippen LogP contribution in [0.1, 0.15) is 45.4 Å². The Morgan fingerprint density at radius 2 is 1.79 bits per heavy atom. The van der Waals surface area contributed by atoms with Crippen molar-refractivity contribution in [2.75, 3.05) is 13.1 Å². The first-order valence-corrected chi connectivity index (χ1v) is 9.71. The summed E-state index contributed by atoms with van der Waals surface area (Å²) in [4.78, 5) is 16.6. The van der Waals surface area contributed by atoms with Gasteiger partial charge in [-0.1, -0.05) is 31.0 Å². The van der Waals surface area contributed by atoms with Crippen molar-refractivity contribution in [3.63, 3.8) is 0 Å². The highest BCUT2D eigenvalue weighted by atomic mass is 35.5. The molecule has 0 aromatic heterocycles. The summed E-state index contributed by atoms with van der Waals surface area (Å²) in [5, 5.41) is 0. The highest BCUT2D eigenvalue weighted by Crippen LogP contribution is 2.46. The van der Waals surface area contributed by atoms with Crippen molar-refractivity contribution in [1.29, 1.82) is 0 Å². The molecule has 2 aliphatic rings. The Hall–Kier alpha value is -0.710. The van der Waals surface area contributed by atoms with Crippen LogP contribution >= 0.6 is 24.2 Å². The molecule has 0 radical (unpaired) electrons. The molecule has 1 aromatic rings. The van der Waals surface area contributed by atoms with E-state index in [2.05, 4.69) is 36.1 Å². The molecule has 0 spiro atoms. The van der Waals surface area contributed by atoms with Gasteiger partial charge >= 0.3 is 0 Å². The number of benzene rings is 1. The number of carbonyl (C=O) groups excluding carboxylic acids is 1. The Labute approximate surface area is 156 Å². The van der Waals surface area contributed by atoms with Crippen LogP contribution in [0, 0.1) is 5.92 Å². The van der Waals surface area contributed by atoms with E-state index in [1.807, 2.05) is 6.07 Å². The average molecular weight is 369 g/mol. The highest BCUT2D eigenvalue weighted by Gasteiger charge is 2.45. The monoisotopic (exact) mass is 368 g/mol. The zero-order chi connectivity index (χ0) is 16.3. The van der Waals surface area contributed by atoms with E-state index in [0.717, 1.165) is 38.8 Å². The number of likely N-dealkylation sites (tertiary alicyclic amines) is 1. The van der Waals surface area contributed by atoms with Crippen LogP contribution in [0.5, 0.6) is 0 Å². The molecule has 1 aliphatic carbocycles. The minimum Gasteiger partial charge on any atom is -0.341 e. The van der Waals surface area contributed by atoms with Crippen LogP contribution in [-0.4, -0.2) is 34.7 Å². The second kappa shape index (κ2) is 8.59. The SMILES string of the molecule is CC(N)C1CCN(C(=O)C2(Sc3ccccc3)CCCC2)CC1.Cl. The van der Waals surface area contributed by atoms with Crippen molar-refractivity contribution < 1.29 is 4.79 Å². The zero-order valence-corrected chi connectivity index (χ0v) is 16.1. The van der Waals surface area contributed by atoms with E-state index in [-0.39, 0.29) is 23.2 Å². The lowest BCUT2D eigenvalue weighted by Gasteiger charge is -2.39. The summed E-state index contributed by atoms with van der Waals surface area (Å²) in [7, 11) is 0. The van der Waals surface area contributed by atoms with E-state index < -0.39 is 0 Å². The summed E-state index contributed by atoms with van der Waals surface area (Å²) in [6, 6.07) is 10.6. The van der Waals surface area contributed by atoms with E-state index in [9.17, 15) is 4.79 Å². The topological polar surface area (TPSA) is 46.3 Å². The molecule has 1 heterocycles. The highest BCUT2D eigenvalue weighted by molar-refractivity contribution is 8.01. The van der Waals surface area contributed by atoms with Crippen LogP contribution in [-0.2, 0) is 4.79 Å². The summed E-state index contributed by atoms with van der Waals surface area (Å²) in [6.07, 6.45) is 6.46. The van der Waals surface area contributed by atoms with E-state index in [1.165, 1.54) is 17.7 Å². The van der Waals surface area contributed by atoms with Gasteiger partial charge in [-0.3, -0.25) is 4.79 Å². The molecule has 3 nitrogen and oxygen atoms in total. The molecule has 1 aliphatic heterocycles. The maximum Gasteiger partial charge on any atom is 0.239 e. The number of nitrogens with two attached hydrogens (primary N) is 1. The molecule has 3 rings (SSSR count). The minimum atomic E-state index is -0.234. The number of thioether (sulfide) groups is 1. The van der Waals surface area contributed by atoms with Crippen LogP contribution in [0.2, 0.25) is 0 Å². The lowest BCUT2D eigenvalue weighted by Crippen LogP contribution is -2.50. The van der Waals surface area contributed by atoms with Gasteiger partial charge in [-0.05, 0) is 50.7 Å². The third-order valence-electron chi connectivity index (χ3n) is 5.43. The molecule has 5 heteroatoms. The third-order valence-corrected chi connectivity index (χ3v) is 6.91. The first-order valence-electron chi connectivity index (χ1n) is 8.90. The molecule has 1 amide bonds. The molecule has 1 aromatic carbocycles. The molecule has 1 unspecified atom stereocenters.